The molecule has 1 amide bonds. The molecular formula is C13H25IN4O3S. The summed E-state index contributed by atoms with van der Waals surface area (Å²) in [6, 6.07) is 0.159. The van der Waals surface area contributed by atoms with E-state index in [-0.39, 0.29) is 53.9 Å². The highest BCUT2D eigenvalue weighted by atomic mass is 127. The van der Waals surface area contributed by atoms with Crippen LogP contribution in [0, 0.1) is 0 Å². The van der Waals surface area contributed by atoms with Crippen molar-refractivity contribution in [2.24, 2.45) is 10.7 Å². The Balaban J connectivity index is 0.00000242. The molecule has 1 aliphatic heterocycles. The van der Waals surface area contributed by atoms with Gasteiger partial charge in [0.15, 0.2) is 15.8 Å². The smallest absolute Gasteiger partial charge is 0.222 e. The van der Waals surface area contributed by atoms with Gasteiger partial charge < -0.3 is 16.4 Å². The molecule has 128 valence electrons. The number of sulfone groups is 1. The number of carbonyl (C=O) groups is 1. The van der Waals surface area contributed by atoms with Gasteiger partial charge in [-0.25, -0.2) is 8.42 Å². The van der Waals surface area contributed by atoms with Crippen molar-refractivity contribution in [3.63, 3.8) is 0 Å². The number of nitrogens with two attached hydrogens (primary N) is 1. The maximum absolute atomic E-state index is 11.7. The number of halogens is 1. The van der Waals surface area contributed by atoms with Crippen molar-refractivity contribution in [2.75, 3.05) is 18.1 Å². The number of amides is 1. The third-order valence-electron chi connectivity index (χ3n) is 3.93. The maximum Gasteiger partial charge on any atom is 0.222 e. The maximum atomic E-state index is 11.7. The Morgan fingerprint density at radius 3 is 2.41 bits per heavy atom. The molecule has 0 bridgehead atoms. The normalized spacial score (nSPS) is 24.7. The molecule has 1 aliphatic carbocycles. The summed E-state index contributed by atoms with van der Waals surface area (Å²) in [5.74, 6) is 0.425. The third-order valence-corrected chi connectivity index (χ3v) is 5.69. The molecule has 7 nitrogen and oxygen atoms in total. The Labute approximate surface area is 148 Å². The number of hydrogen-bond donors (Lipinski definition) is 3. The van der Waals surface area contributed by atoms with Crippen molar-refractivity contribution in [1.82, 2.24) is 10.6 Å². The van der Waals surface area contributed by atoms with Crippen LogP contribution in [0.3, 0.4) is 0 Å². The lowest BCUT2D eigenvalue weighted by Crippen LogP contribution is -2.39. The standard InChI is InChI=1S/C13H24N4O3S.HI/c14-13(17-10-3-1-2-4-10)15-7-5-12(18)16-11-6-8-21(19,20)9-11;/h10-11H,1-9H2,(H,16,18)(H3,14,15,17);1H. The van der Waals surface area contributed by atoms with Gasteiger partial charge in [-0.2, -0.15) is 0 Å². The van der Waals surface area contributed by atoms with Crippen molar-refractivity contribution in [3.8, 4) is 0 Å². The highest BCUT2D eigenvalue weighted by Gasteiger charge is 2.28. The summed E-state index contributed by atoms with van der Waals surface area (Å²) in [7, 11) is -2.96. The number of rotatable bonds is 5. The Hall–Kier alpha value is -0.580. The molecule has 1 saturated heterocycles. The van der Waals surface area contributed by atoms with Crippen LogP contribution in [0.5, 0.6) is 0 Å². The SMILES string of the molecule is I.NC(=NCCC(=O)NC1CCS(=O)(=O)C1)NC1CCCC1. The van der Waals surface area contributed by atoms with Crippen LogP contribution in [0.25, 0.3) is 0 Å². The van der Waals surface area contributed by atoms with Gasteiger partial charge in [0.25, 0.3) is 0 Å². The molecule has 0 radical (unpaired) electrons. The second kappa shape index (κ2) is 8.90. The Morgan fingerprint density at radius 1 is 1.14 bits per heavy atom. The fraction of sp³-hybridized carbons (Fsp3) is 0.846. The van der Waals surface area contributed by atoms with Gasteiger partial charge in [0.05, 0.1) is 18.1 Å². The summed E-state index contributed by atoms with van der Waals surface area (Å²) in [6.45, 7) is 0.316. The van der Waals surface area contributed by atoms with E-state index >= 15 is 0 Å². The number of nitrogens with one attached hydrogen (secondary N) is 2. The molecule has 0 aromatic rings. The predicted molar refractivity (Wildman–Crippen MR) is 97.1 cm³/mol. The monoisotopic (exact) mass is 444 g/mol. The first-order valence-corrected chi connectivity index (χ1v) is 9.33. The molecule has 2 rings (SSSR count). The summed E-state index contributed by atoms with van der Waals surface area (Å²) in [6.07, 6.45) is 5.40. The summed E-state index contributed by atoms with van der Waals surface area (Å²) in [5, 5.41) is 5.89. The van der Waals surface area contributed by atoms with Crippen LogP contribution in [0.4, 0.5) is 0 Å². The zero-order valence-electron chi connectivity index (χ0n) is 12.6. The van der Waals surface area contributed by atoms with Crippen LogP contribution in [0.15, 0.2) is 4.99 Å². The van der Waals surface area contributed by atoms with Crippen molar-refractivity contribution >= 4 is 45.7 Å². The minimum Gasteiger partial charge on any atom is -0.370 e. The molecular weight excluding hydrogens is 419 g/mol. The largest absolute Gasteiger partial charge is 0.370 e. The predicted octanol–water partition coefficient (Wildman–Crippen LogP) is 0.145. The van der Waals surface area contributed by atoms with E-state index in [0.717, 1.165) is 12.8 Å². The van der Waals surface area contributed by atoms with Gasteiger partial charge in [-0.15, -0.1) is 24.0 Å². The first kappa shape index (κ1) is 19.5. The Kier molecular flexibility index (Phi) is 7.87. The zero-order chi connectivity index (χ0) is 15.3. The molecule has 0 aromatic heterocycles. The summed E-state index contributed by atoms with van der Waals surface area (Å²) < 4.78 is 22.6. The molecule has 0 spiro atoms. The lowest BCUT2D eigenvalue weighted by Gasteiger charge is -2.12. The molecule has 0 aromatic carbocycles. The first-order chi connectivity index (χ1) is 9.94. The van der Waals surface area contributed by atoms with E-state index in [1.807, 2.05) is 0 Å². The average molecular weight is 444 g/mol. The molecule has 1 saturated carbocycles. The quantitative estimate of drug-likeness (QED) is 0.317. The average Bonchev–Trinajstić information content (AvgIpc) is 2.99. The van der Waals surface area contributed by atoms with E-state index in [1.165, 1.54) is 12.8 Å². The van der Waals surface area contributed by atoms with Crippen LogP contribution >= 0.6 is 24.0 Å². The fourth-order valence-electron chi connectivity index (χ4n) is 2.81. The number of guanidine groups is 1. The summed E-state index contributed by atoms with van der Waals surface area (Å²) >= 11 is 0. The topological polar surface area (TPSA) is 114 Å². The number of hydrogen-bond acceptors (Lipinski definition) is 4. The van der Waals surface area contributed by atoms with Gasteiger partial charge in [-0.05, 0) is 19.3 Å². The van der Waals surface area contributed by atoms with E-state index in [0.29, 0.717) is 25.0 Å². The van der Waals surface area contributed by atoms with E-state index < -0.39 is 9.84 Å². The van der Waals surface area contributed by atoms with Crippen molar-refractivity contribution < 1.29 is 13.2 Å². The van der Waals surface area contributed by atoms with E-state index in [9.17, 15) is 13.2 Å². The van der Waals surface area contributed by atoms with Gasteiger partial charge in [-0.3, -0.25) is 9.79 Å². The third kappa shape index (κ3) is 6.67. The summed E-state index contributed by atoms with van der Waals surface area (Å²) in [5.41, 5.74) is 5.77. The minimum atomic E-state index is -2.96. The lowest BCUT2D eigenvalue weighted by atomic mass is 10.2. The number of nitrogens with zero attached hydrogens (tertiary/aromatic N) is 1. The highest BCUT2D eigenvalue weighted by Crippen LogP contribution is 2.17. The van der Waals surface area contributed by atoms with E-state index in [2.05, 4.69) is 15.6 Å². The molecule has 1 atom stereocenters. The van der Waals surface area contributed by atoms with Gasteiger partial charge in [0.1, 0.15) is 0 Å². The minimum absolute atomic E-state index is 0. The number of aliphatic imine (C=N–C) groups is 1. The fourth-order valence-corrected chi connectivity index (χ4v) is 4.48. The molecule has 1 heterocycles. The zero-order valence-corrected chi connectivity index (χ0v) is 15.7. The molecule has 2 aliphatic rings. The van der Waals surface area contributed by atoms with Crippen LogP contribution in [-0.4, -0.2) is 50.4 Å². The van der Waals surface area contributed by atoms with E-state index in [1.54, 1.807) is 0 Å². The highest BCUT2D eigenvalue weighted by molar-refractivity contribution is 14.0. The van der Waals surface area contributed by atoms with Gasteiger partial charge in [0.2, 0.25) is 5.91 Å². The molecule has 1 unspecified atom stereocenters. The Bertz CT molecular complexity index is 503. The first-order valence-electron chi connectivity index (χ1n) is 7.51. The van der Waals surface area contributed by atoms with Gasteiger partial charge >= 0.3 is 0 Å². The van der Waals surface area contributed by atoms with Crippen LogP contribution in [0.1, 0.15) is 38.5 Å². The molecule has 9 heteroatoms. The van der Waals surface area contributed by atoms with Gasteiger partial charge in [0, 0.05) is 18.5 Å². The molecule has 2 fully saturated rings. The Morgan fingerprint density at radius 2 is 1.82 bits per heavy atom. The van der Waals surface area contributed by atoms with Crippen LogP contribution in [0.2, 0.25) is 0 Å². The molecule has 4 N–H and O–H groups in total. The van der Waals surface area contributed by atoms with Crippen LogP contribution < -0.4 is 16.4 Å². The molecule has 22 heavy (non-hydrogen) atoms. The van der Waals surface area contributed by atoms with Crippen molar-refractivity contribution in [1.29, 1.82) is 0 Å². The second-order valence-corrected chi connectivity index (χ2v) is 8.04. The lowest BCUT2D eigenvalue weighted by molar-refractivity contribution is -0.121. The second-order valence-electron chi connectivity index (χ2n) is 5.81. The van der Waals surface area contributed by atoms with Crippen LogP contribution in [-0.2, 0) is 14.6 Å². The number of carbonyl (C=O) groups excluding carboxylic acids is 1. The van der Waals surface area contributed by atoms with E-state index in [4.69, 9.17) is 5.73 Å². The van der Waals surface area contributed by atoms with Crippen molar-refractivity contribution in [3.05, 3.63) is 0 Å². The van der Waals surface area contributed by atoms with Crippen molar-refractivity contribution in [2.45, 2.75) is 50.6 Å². The van der Waals surface area contributed by atoms with Gasteiger partial charge in [-0.1, -0.05) is 12.8 Å². The summed E-state index contributed by atoms with van der Waals surface area (Å²) in [4.78, 5) is 15.8.